The van der Waals surface area contributed by atoms with E-state index in [2.05, 4.69) is 65.6 Å². The molecule has 1 fully saturated rings. The predicted molar refractivity (Wildman–Crippen MR) is 147 cm³/mol. The van der Waals surface area contributed by atoms with Crippen LogP contribution in [0.2, 0.25) is 0 Å². The summed E-state index contributed by atoms with van der Waals surface area (Å²) in [5, 5.41) is 1.92. The van der Waals surface area contributed by atoms with Gasteiger partial charge in [-0.05, 0) is 35.4 Å². The Kier molecular flexibility index (Phi) is 6.47. The number of benzene rings is 3. The van der Waals surface area contributed by atoms with Gasteiger partial charge in [-0.2, -0.15) is 0 Å². The smallest absolute Gasteiger partial charge is 0.271 e. The van der Waals surface area contributed by atoms with Crippen molar-refractivity contribution < 1.29 is 9.53 Å². The van der Waals surface area contributed by atoms with Crippen LogP contribution in [0.4, 0.5) is 0 Å². The maximum absolute atomic E-state index is 13.6. The minimum Gasteiger partial charge on any atom is -0.497 e. The quantitative estimate of drug-likeness (QED) is 0.299. The zero-order valence-corrected chi connectivity index (χ0v) is 21.5. The molecule has 0 N–H and O–H groups in total. The second kappa shape index (κ2) is 10.2. The monoisotopic (exact) mass is 508 g/mol. The Hall–Kier alpha value is -3.94. The molecule has 0 bridgehead atoms. The van der Waals surface area contributed by atoms with E-state index in [0.29, 0.717) is 18.8 Å². The molecule has 6 nitrogen and oxygen atoms in total. The number of carbonyl (C=O) groups is 1. The molecule has 0 aliphatic carbocycles. The predicted octanol–water partition coefficient (Wildman–Crippen LogP) is 5.62. The summed E-state index contributed by atoms with van der Waals surface area (Å²) in [6.45, 7) is 3.00. The van der Waals surface area contributed by atoms with Crippen molar-refractivity contribution in [2.75, 3.05) is 33.3 Å². The highest BCUT2D eigenvalue weighted by Crippen LogP contribution is 2.30. The standard InChI is InChI=1S/C30H28N4O2S/c1-36-25-14-12-22(13-15-25)26-20-34-27(21-37-30(34)31-26)29(35)33-18-16-32(17-19-33)28(23-8-4-2-5-9-23)24-10-6-3-7-11-24/h2-15,20-21,28H,16-19H2,1H3. The fourth-order valence-corrected chi connectivity index (χ4v) is 5.92. The maximum Gasteiger partial charge on any atom is 0.271 e. The summed E-state index contributed by atoms with van der Waals surface area (Å²) in [6.07, 6.45) is 1.96. The first kappa shape index (κ1) is 23.5. The molecular weight excluding hydrogens is 480 g/mol. The second-order valence-corrected chi connectivity index (χ2v) is 10.0. The van der Waals surface area contributed by atoms with Crippen molar-refractivity contribution in [2.45, 2.75) is 6.04 Å². The molecule has 1 aliphatic heterocycles. The van der Waals surface area contributed by atoms with E-state index >= 15 is 0 Å². The van der Waals surface area contributed by atoms with Gasteiger partial charge in [-0.1, -0.05) is 60.7 Å². The number of nitrogens with zero attached hydrogens (tertiary/aromatic N) is 4. The number of amides is 1. The summed E-state index contributed by atoms with van der Waals surface area (Å²) in [6, 6.07) is 29.3. The Balaban J connectivity index is 1.20. The highest BCUT2D eigenvalue weighted by molar-refractivity contribution is 7.15. The first-order valence-electron chi connectivity index (χ1n) is 12.5. The molecule has 3 aromatic carbocycles. The maximum atomic E-state index is 13.6. The summed E-state index contributed by atoms with van der Waals surface area (Å²) in [7, 11) is 1.66. The summed E-state index contributed by atoms with van der Waals surface area (Å²) < 4.78 is 7.19. The molecule has 0 radical (unpaired) electrons. The van der Waals surface area contributed by atoms with E-state index in [-0.39, 0.29) is 11.9 Å². The van der Waals surface area contributed by atoms with Gasteiger partial charge in [0.15, 0.2) is 4.96 Å². The van der Waals surface area contributed by atoms with E-state index in [1.165, 1.54) is 22.5 Å². The summed E-state index contributed by atoms with van der Waals surface area (Å²) in [5.41, 5.74) is 5.07. The third-order valence-corrected chi connectivity index (χ3v) is 7.85. The lowest BCUT2D eigenvalue weighted by Gasteiger charge is -2.39. The van der Waals surface area contributed by atoms with Crippen molar-refractivity contribution in [1.82, 2.24) is 19.2 Å². The average molecular weight is 509 g/mol. The summed E-state index contributed by atoms with van der Waals surface area (Å²) in [5.74, 6) is 0.863. The van der Waals surface area contributed by atoms with Crippen molar-refractivity contribution in [1.29, 1.82) is 0 Å². The van der Waals surface area contributed by atoms with Crippen LogP contribution in [0.3, 0.4) is 0 Å². The molecule has 186 valence electrons. The minimum atomic E-state index is 0.0561. The van der Waals surface area contributed by atoms with Gasteiger partial charge in [0.05, 0.1) is 18.8 Å². The van der Waals surface area contributed by atoms with Gasteiger partial charge in [0.2, 0.25) is 0 Å². The number of piperazine rings is 1. The Morgan fingerprint density at radius 2 is 1.49 bits per heavy atom. The number of fused-ring (bicyclic) bond motifs is 1. The van der Waals surface area contributed by atoms with Crippen molar-refractivity contribution in [3.63, 3.8) is 0 Å². The minimum absolute atomic E-state index is 0.0561. The number of aromatic nitrogens is 2. The number of ether oxygens (including phenoxy) is 1. The van der Waals surface area contributed by atoms with E-state index in [1.807, 2.05) is 45.1 Å². The zero-order chi connectivity index (χ0) is 25.2. The van der Waals surface area contributed by atoms with Gasteiger partial charge in [-0.25, -0.2) is 4.98 Å². The van der Waals surface area contributed by atoms with Crippen LogP contribution < -0.4 is 4.74 Å². The van der Waals surface area contributed by atoms with Crippen molar-refractivity contribution in [3.8, 4) is 17.0 Å². The molecule has 0 saturated carbocycles. The number of imidazole rings is 1. The van der Waals surface area contributed by atoms with Crippen molar-refractivity contribution in [3.05, 3.63) is 113 Å². The van der Waals surface area contributed by atoms with Crippen LogP contribution in [-0.4, -0.2) is 58.4 Å². The number of hydrogen-bond acceptors (Lipinski definition) is 5. The molecule has 0 atom stereocenters. The van der Waals surface area contributed by atoms with Gasteiger partial charge < -0.3 is 9.64 Å². The van der Waals surface area contributed by atoms with E-state index in [0.717, 1.165) is 35.1 Å². The Bertz CT molecular complexity index is 1450. The molecule has 1 amide bonds. The van der Waals surface area contributed by atoms with E-state index < -0.39 is 0 Å². The fraction of sp³-hybridized carbons (Fsp3) is 0.200. The van der Waals surface area contributed by atoms with E-state index in [4.69, 9.17) is 9.72 Å². The van der Waals surface area contributed by atoms with Crippen molar-refractivity contribution >= 4 is 22.2 Å². The number of carbonyl (C=O) groups excluding carboxylic acids is 1. The van der Waals surface area contributed by atoms with E-state index in [1.54, 1.807) is 7.11 Å². The largest absolute Gasteiger partial charge is 0.497 e. The molecule has 1 aliphatic rings. The molecule has 0 unspecified atom stereocenters. The van der Waals surface area contributed by atoms with Crippen LogP contribution in [-0.2, 0) is 0 Å². The van der Waals surface area contributed by atoms with Gasteiger partial charge in [0.1, 0.15) is 11.4 Å². The lowest BCUT2D eigenvalue weighted by atomic mass is 9.96. The van der Waals surface area contributed by atoms with Crippen LogP contribution in [0.25, 0.3) is 16.2 Å². The molecule has 2 aromatic heterocycles. The SMILES string of the molecule is COc1ccc(-c2cn3c(C(=O)N4CCN(C(c5ccccc5)c5ccccc5)CC4)csc3n2)cc1. The Morgan fingerprint density at radius 1 is 0.865 bits per heavy atom. The number of hydrogen-bond donors (Lipinski definition) is 0. The van der Waals surface area contributed by atoms with Crippen molar-refractivity contribution in [2.24, 2.45) is 0 Å². The van der Waals surface area contributed by atoms with E-state index in [9.17, 15) is 4.79 Å². The first-order chi connectivity index (χ1) is 18.2. The highest BCUT2D eigenvalue weighted by atomic mass is 32.1. The third kappa shape index (κ3) is 4.63. The van der Waals surface area contributed by atoms with Crippen LogP contribution in [0.1, 0.15) is 27.7 Å². The molecule has 0 spiro atoms. The molecule has 37 heavy (non-hydrogen) atoms. The molecule has 7 heteroatoms. The lowest BCUT2D eigenvalue weighted by molar-refractivity contribution is 0.0591. The van der Waals surface area contributed by atoms with Gasteiger partial charge in [0.25, 0.3) is 5.91 Å². The van der Waals surface area contributed by atoms with Crippen LogP contribution in [0, 0.1) is 0 Å². The molecule has 3 heterocycles. The topological polar surface area (TPSA) is 50.1 Å². The highest BCUT2D eigenvalue weighted by Gasteiger charge is 2.29. The molecule has 1 saturated heterocycles. The molecular formula is C30H28N4O2S. The van der Waals surface area contributed by atoms with Gasteiger partial charge in [0, 0.05) is 43.3 Å². The summed E-state index contributed by atoms with van der Waals surface area (Å²) in [4.78, 5) is 23.6. The van der Waals surface area contributed by atoms with Gasteiger partial charge in [-0.15, -0.1) is 11.3 Å². The fourth-order valence-electron chi connectivity index (χ4n) is 5.07. The number of methoxy groups -OCH3 is 1. The van der Waals surface area contributed by atoms with Crippen LogP contribution in [0.5, 0.6) is 5.75 Å². The first-order valence-corrected chi connectivity index (χ1v) is 13.3. The molecule has 5 aromatic rings. The summed E-state index contributed by atoms with van der Waals surface area (Å²) >= 11 is 1.50. The van der Waals surface area contributed by atoms with Crippen LogP contribution >= 0.6 is 11.3 Å². The van der Waals surface area contributed by atoms with Gasteiger partial charge in [-0.3, -0.25) is 14.1 Å². The molecule has 6 rings (SSSR count). The third-order valence-electron chi connectivity index (χ3n) is 7.01. The average Bonchev–Trinajstić information content (AvgIpc) is 3.56. The number of rotatable bonds is 6. The Morgan fingerprint density at radius 3 is 2.08 bits per heavy atom. The number of thiazole rings is 1. The zero-order valence-electron chi connectivity index (χ0n) is 20.7. The normalized spacial score (nSPS) is 14.4. The second-order valence-electron chi connectivity index (χ2n) is 9.18. The Labute approximate surface area is 220 Å². The lowest BCUT2D eigenvalue weighted by Crippen LogP contribution is -2.50. The van der Waals surface area contributed by atoms with Crippen LogP contribution in [0.15, 0.2) is 96.5 Å². The van der Waals surface area contributed by atoms with Gasteiger partial charge >= 0.3 is 0 Å².